The first-order valence-corrected chi connectivity index (χ1v) is 8.22. The van der Waals surface area contributed by atoms with Crippen LogP contribution in [0.4, 0.5) is 0 Å². The molecule has 20 heavy (non-hydrogen) atoms. The number of hydrogen-bond acceptors (Lipinski definition) is 1. The van der Waals surface area contributed by atoms with Gasteiger partial charge in [-0.3, -0.25) is 0 Å². The maximum atomic E-state index is 6.46. The fraction of sp³-hybridized carbons (Fsp3) is 0.647. The lowest BCUT2D eigenvalue weighted by molar-refractivity contribution is 0.125. The fourth-order valence-corrected chi connectivity index (χ4v) is 3.76. The second-order valence-corrected chi connectivity index (χ2v) is 8.03. The molecule has 0 aromatic heterocycles. The van der Waals surface area contributed by atoms with E-state index in [1.807, 2.05) is 12.1 Å². The Labute approximate surface area is 133 Å². The minimum atomic E-state index is 0.128. The predicted molar refractivity (Wildman–Crippen MR) is 88.9 cm³/mol. The molecule has 1 N–H and O–H groups in total. The van der Waals surface area contributed by atoms with Gasteiger partial charge in [0.25, 0.3) is 0 Å². The van der Waals surface area contributed by atoms with E-state index in [9.17, 15) is 0 Å². The van der Waals surface area contributed by atoms with Gasteiger partial charge in [-0.05, 0) is 57.2 Å². The van der Waals surface area contributed by atoms with Crippen molar-refractivity contribution in [2.24, 2.45) is 5.92 Å². The average molecular weight is 314 g/mol. The maximum absolute atomic E-state index is 6.46. The summed E-state index contributed by atoms with van der Waals surface area (Å²) in [7, 11) is 0. The molecule has 0 radical (unpaired) electrons. The number of benzene rings is 1. The zero-order valence-electron chi connectivity index (χ0n) is 12.9. The quantitative estimate of drug-likeness (QED) is 0.780. The fourth-order valence-electron chi connectivity index (χ4n) is 3.15. The van der Waals surface area contributed by atoms with Crippen molar-refractivity contribution in [3.05, 3.63) is 33.8 Å². The molecule has 0 unspecified atom stereocenters. The second-order valence-electron chi connectivity index (χ2n) is 7.19. The summed E-state index contributed by atoms with van der Waals surface area (Å²) >= 11 is 12.5. The first kappa shape index (κ1) is 16.1. The van der Waals surface area contributed by atoms with Gasteiger partial charge in [0, 0.05) is 27.5 Å². The normalized spacial score (nSPS) is 26.4. The summed E-state index contributed by atoms with van der Waals surface area (Å²) in [5.41, 5.74) is 1.56. The van der Waals surface area contributed by atoms with Crippen LogP contribution < -0.4 is 5.32 Å². The minimum absolute atomic E-state index is 0.128. The van der Waals surface area contributed by atoms with Gasteiger partial charge in [-0.15, -0.1) is 0 Å². The molecule has 0 heterocycles. The lowest BCUT2D eigenvalue weighted by Crippen LogP contribution is -2.52. The van der Waals surface area contributed by atoms with Gasteiger partial charge < -0.3 is 5.32 Å². The zero-order chi connectivity index (χ0) is 15.0. The molecule has 0 atom stereocenters. The van der Waals surface area contributed by atoms with Gasteiger partial charge in [0.15, 0.2) is 0 Å². The van der Waals surface area contributed by atoms with Crippen molar-refractivity contribution in [3.63, 3.8) is 0 Å². The van der Waals surface area contributed by atoms with E-state index >= 15 is 0 Å². The predicted octanol–water partition coefficient (Wildman–Crippen LogP) is 5.44. The topological polar surface area (TPSA) is 12.0 Å². The summed E-state index contributed by atoms with van der Waals surface area (Å²) in [6.07, 6.45) is 3.68. The number of nitrogens with one attached hydrogen (secondary N) is 1. The number of rotatable bonds is 4. The summed E-state index contributed by atoms with van der Waals surface area (Å²) in [6, 6.07) is 5.94. The van der Waals surface area contributed by atoms with Gasteiger partial charge in [0.05, 0.1) is 0 Å². The van der Waals surface area contributed by atoms with E-state index in [2.05, 4.69) is 39.1 Å². The largest absolute Gasteiger partial charge is 0.311 e. The van der Waals surface area contributed by atoms with Crippen LogP contribution in [0.2, 0.25) is 10.0 Å². The molecule has 112 valence electrons. The monoisotopic (exact) mass is 313 g/mol. The Bertz CT molecular complexity index is 470. The first-order chi connectivity index (χ1) is 9.26. The highest BCUT2D eigenvalue weighted by molar-refractivity contribution is 6.35. The molecule has 0 saturated heterocycles. The van der Waals surface area contributed by atoms with Crippen LogP contribution in [0.3, 0.4) is 0 Å². The Morgan fingerprint density at radius 3 is 2.40 bits per heavy atom. The lowest BCUT2D eigenvalue weighted by atomic mass is 9.57. The molecule has 1 saturated carbocycles. The molecule has 1 aliphatic rings. The summed E-state index contributed by atoms with van der Waals surface area (Å²) in [4.78, 5) is 0. The number of halogens is 2. The smallest absolute Gasteiger partial charge is 0.0458 e. The van der Waals surface area contributed by atoms with E-state index in [1.165, 1.54) is 24.8 Å². The average Bonchev–Trinajstić information content (AvgIpc) is 2.28. The van der Waals surface area contributed by atoms with Crippen molar-refractivity contribution in [1.29, 1.82) is 0 Å². The molecule has 1 fully saturated rings. The van der Waals surface area contributed by atoms with Crippen LogP contribution >= 0.6 is 23.2 Å². The molecular formula is C17H25Cl2N. The van der Waals surface area contributed by atoms with Gasteiger partial charge >= 0.3 is 0 Å². The van der Waals surface area contributed by atoms with Crippen molar-refractivity contribution < 1.29 is 0 Å². The van der Waals surface area contributed by atoms with E-state index in [4.69, 9.17) is 23.2 Å². The molecule has 2 rings (SSSR count). The van der Waals surface area contributed by atoms with Gasteiger partial charge in [-0.25, -0.2) is 0 Å². The SMILES string of the molecule is CCC1CC(CNC(C)(C)C)(c2ccc(Cl)cc2Cl)C1. The van der Waals surface area contributed by atoms with Crippen LogP contribution in [0, 0.1) is 5.92 Å². The van der Waals surface area contributed by atoms with Gasteiger partial charge in [0.1, 0.15) is 0 Å². The summed E-state index contributed by atoms with van der Waals surface area (Å²) in [5.74, 6) is 0.823. The third-order valence-electron chi connectivity index (χ3n) is 4.40. The molecule has 1 aromatic rings. The molecule has 1 aromatic carbocycles. The van der Waals surface area contributed by atoms with Crippen molar-refractivity contribution in [2.45, 2.75) is 57.9 Å². The highest BCUT2D eigenvalue weighted by atomic mass is 35.5. The van der Waals surface area contributed by atoms with Gasteiger partial charge in [-0.2, -0.15) is 0 Å². The molecule has 0 spiro atoms. The van der Waals surface area contributed by atoms with Crippen LogP contribution in [0.25, 0.3) is 0 Å². The number of hydrogen-bond donors (Lipinski definition) is 1. The highest BCUT2D eigenvalue weighted by Crippen LogP contribution is 2.51. The standard InChI is InChI=1S/C17H25Cl2N/c1-5-12-9-17(10-12,11-20-16(2,3)4)14-7-6-13(18)8-15(14)19/h6-8,12,20H,5,9-11H2,1-4H3. The highest BCUT2D eigenvalue weighted by Gasteiger charge is 2.45. The Hall–Kier alpha value is -0.240. The van der Waals surface area contributed by atoms with Crippen molar-refractivity contribution in [3.8, 4) is 0 Å². The van der Waals surface area contributed by atoms with Crippen LogP contribution in [-0.4, -0.2) is 12.1 Å². The van der Waals surface area contributed by atoms with E-state index in [0.29, 0.717) is 5.02 Å². The minimum Gasteiger partial charge on any atom is -0.311 e. The molecule has 1 nitrogen and oxygen atoms in total. The summed E-state index contributed by atoms with van der Waals surface area (Å²) < 4.78 is 0. The molecular weight excluding hydrogens is 289 g/mol. The lowest BCUT2D eigenvalue weighted by Gasteiger charge is -2.50. The van der Waals surface area contributed by atoms with Gasteiger partial charge in [-0.1, -0.05) is 42.6 Å². The van der Waals surface area contributed by atoms with Crippen molar-refractivity contribution in [2.75, 3.05) is 6.54 Å². The summed E-state index contributed by atoms with van der Waals surface area (Å²) in [6.45, 7) is 9.88. The Balaban J connectivity index is 2.24. The zero-order valence-corrected chi connectivity index (χ0v) is 14.4. The molecule has 0 bridgehead atoms. The van der Waals surface area contributed by atoms with E-state index in [1.54, 1.807) is 0 Å². The third-order valence-corrected chi connectivity index (χ3v) is 4.94. The van der Waals surface area contributed by atoms with Crippen LogP contribution in [0.15, 0.2) is 18.2 Å². The molecule has 0 aliphatic heterocycles. The molecule has 1 aliphatic carbocycles. The van der Waals surface area contributed by atoms with Crippen LogP contribution in [0.1, 0.15) is 52.5 Å². The Morgan fingerprint density at radius 2 is 1.90 bits per heavy atom. The maximum Gasteiger partial charge on any atom is 0.0458 e. The molecule has 0 amide bonds. The van der Waals surface area contributed by atoms with E-state index in [0.717, 1.165) is 17.5 Å². The van der Waals surface area contributed by atoms with Gasteiger partial charge in [0.2, 0.25) is 0 Å². The van der Waals surface area contributed by atoms with Crippen LogP contribution in [0.5, 0.6) is 0 Å². The van der Waals surface area contributed by atoms with E-state index in [-0.39, 0.29) is 11.0 Å². The Kier molecular flexibility index (Phi) is 4.73. The third kappa shape index (κ3) is 3.50. The molecule has 3 heteroatoms. The van der Waals surface area contributed by atoms with Crippen LogP contribution in [-0.2, 0) is 5.41 Å². The first-order valence-electron chi connectivity index (χ1n) is 7.46. The van der Waals surface area contributed by atoms with E-state index < -0.39 is 0 Å². The summed E-state index contributed by atoms with van der Waals surface area (Å²) in [5, 5.41) is 5.18. The van der Waals surface area contributed by atoms with Crippen molar-refractivity contribution in [1.82, 2.24) is 5.32 Å². The second kappa shape index (κ2) is 5.87. The Morgan fingerprint density at radius 1 is 1.25 bits per heavy atom. The van der Waals surface area contributed by atoms with Crippen molar-refractivity contribution >= 4 is 23.2 Å².